The predicted octanol–water partition coefficient (Wildman–Crippen LogP) is 4.17. The van der Waals surface area contributed by atoms with Gasteiger partial charge in [0.15, 0.2) is 0 Å². The molecule has 6 nitrogen and oxygen atoms in total. The minimum absolute atomic E-state index is 0.108. The van der Waals surface area contributed by atoms with E-state index in [0.717, 1.165) is 29.1 Å². The first-order valence-electron chi connectivity index (χ1n) is 9.07. The van der Waals surface area contributed by atoms with E-state index in [9.17, 15) is 4.79 Å². The second-order valence-electron chi connectivity index (χ2n) is 6.58. The number of aryl methyl sites for hydroxylation is 1. The maximum Gasteiger partial charge on any atom is 0.257 e. The zero-order chi connectivity index (χ0) is 19.7. The number of halogens is 1. The van der Waals surface area contributed by atoms with Crippen LogP contribution in [0, 0.1) is 0 Å². The van der Waals surface area contributed by atoms with Gasteiger partial charge in [-0.25, -0.2) is 9.67 Å². The number of imidazole rings is 1. The Labute approximate surface area is 168 Å². The van der Waals surface area contributed by atoms with Crippen LogP contribution in [0.5, 0.6) is 0 Å². The molecule has 0 fully saturated rings. The molecule has 2 aromatic carbocycles. The Morgan fingerprint density at radius 2 is 2.00 bits per heavy atom. The summed E-state index contributed by atoms with van der Waals surface area (Å²) in [6, 6.07) is 15.3. The quantitative estimate of drug-likeness (QED) is 0.511. The molecule has 0 radical (unpaired) electrons. The summed E-state index contributed by atoms with van der Waals surface area (Å²) in [5, 5.41) is 4.92. The number of carbonyl (C=O) groups is 1. The first-order chi connectivity index (χ1) is 13.6. The molecular weight excluding hydrogens is 374 g/mol. The van der Waals surface area contributed by atoms with Crippen molar-refractivity contribution in [2.45, 2.75) is 20.0 Å². The Morgan fingerprint density at radius 1 is 1.18 bits per heavy atom. The number of hydrogen-bond acceptors (Lipinski definition) is 3. The molecule has 0 N–H and O–H groups in total. The van der Waals surface area contributed by atoms with Crippen LogP contribution in [0.25, 0.3) is 16.7 Å². The van der Waals surface area contributed by atoms with Gasteiger partial charge < -0.3 is 9.47 Å². The van der Waals surface area contributed by atoms with Crippen LogP contribution < -0.4 is 0 Å². The molecule has 0 spiro atoms. The Hall–Kier alpha value is -3.12. The Kier molecular flexibility index (Phi) is 4.88. The largest absolute Gasteiger partial charge is 0.334 e. The average Bonchev–Trinajstić information content (AvgIpc) is 3.32. The van der Waals surface area contributed by atoms with Gasteiger partial charge in [-0.2, -0.15) is 5.10 Å². The molecule has 2 aromatic heterocycles. The summed E-state index contributed by atoms with van der Waals surface area (Å²) >= 11 is 6.04. The van der Waals surface area contributed by atoms with Crippen molar-refractivity contribution in [3.63, 3.8) is 0 Å². The number of nitrogens with zero attached hydrogens (tertiary/aromatic N) is 5. The lowest BCUT2D eigenvalue weighted by Gasteiger charge is -2.16. The van der Waals surface area contributed by atoms with Gasteiger partial charge >= 0.3 is 0 Å². The molecule has 1 amide bonds. The molecule has 142 valence electrons. The molecule has 0 aliphatic heterocycles. The monoisotopic (exact) mass is 393 g/mol. The lowest BCUT2D eigenvalue weighted by Crippen LogP contribution is -2.27. The maximum absolute atomic E-state index is 12.9. The highest BCUT2D eigenvalue weighted by atomic mass is 35.5. The van der Waals surface area contributed by atoms with Crippen molar-refractivity contribution in [1.29, 1.82) is 0 Å². The van der Waals surface area contributed by atoms with E-state index in [-0.39, 0.29) is 5.91 Å². The topological polar surface area (TPSA) is 56.0 Å². The van der Waals surface area contributed by atoms with E-state index >= 15 is 0 Å². The number of carbonyl (C=O) groups excluding carboxylic acids is 1. The summed E-state index contributed by atoms with van der Waals surface area (Å²) in [4.78, 5) is 19.2. The van der Waals surface area contributed by atoms with E-state index in [0.29, 0.717) is 17.1 Å². The van der Waals surface area contributed by atoms with Gasteiger partial charge in [0.25, 0.3) is 5.91 Å². The number of hydrogen-bond donors (Lipinski definition) is 0. The minimum Gasteiger partial charge on any atom is -0.334 e. The fraction of sp³-hybridized carbons (Fsp3) is 0.190. The Bertz CT molecular complexity index is 1150. The highest BCUT2D eigenvalue weighted by molar-refractivity contribution is 6.30. The van der Waals surface area contributed by atoms with E-state index < -0.39 is 0 Å². The second-order valence-corrected chi connectivity index (χ2v) is 7.01. The van der Waals surface area contributed by atoms with Gasteiger partial charge in [0.2, 0.25) is 0 Å². The molecule has 0 bridgehead atoms. The zero-order valence-electron chi connectivity index (χ0n) is 15.7. The average molecular weight is 394 g/mol. The smallest absolute Gasteiger partial charge is 0.257 e. The van der Waals surface area contributed by atoms with Gasteiger partial charge in [-0.3, -0.25) is 4.79 Å². The van der Waals surface area contributed by atoms with Crippen molar-refractivity contribution in [2.24, 2.45) is 0 Å². The molecular formula is C21H20ClN5O. The van der Waals surface area contributed by atoms with Crippen LogP contribution in [0.15, 0.2) is 60.9 Å². The molecule has 7 heteroatoms. The molecule has 0 atom stereocenters. The number of benzene rings is 2. The summed E-state index contributed by atoms with van der Waals surface area (Å²) in [7, 11) is 1.78. The van der Waals surface area contributed by atoms with Crippen molar-refractivity contribution < 1.29 is 4.79 Å². The molecule has 2 heterocycles. The SMILES string of the molecule is CCn1c(CN(C)C(=O)c2cnn(-c3cccc(Cl)c3)c2)nc2ccccc21. The van der Waals surface area contributed by atoms with Crippen LogP contribution in [0.2, 0.25) is 5.02 Å². The molecule has 4 aromatic rings. The minimum atomic E-state index is -0.108. The highest BCUT2D eigenvalue weighted by Gasteiger charge is 2.18. The molecule has 4 rings (SSSR count). The number of para-hydroxylation sites is 2. The van der Waals surface area contributed by atoms with Crippen molar-refractivity contribution >= 4 is 28.5 Å². The fourth-order valence-corrected chi connectivity index (χ4v) is 3.48. The lowest BCUT2D eigenvalue weighted by molar-refractivity contribution is 0.0780. The molecule has 0 unspecified atom stereocenters. The van der Waals surface area contributed by atoms with Gasteiger partial charge in [0.05, 0.1) is 35.0 Å². The third-order valence-electron chi connectivity index (χ3n) is 4.68. The van der Waals surface area contributed by atoms with Crippen molar-refractivity contribution in [3.8, 4) is 5.69 Å². The van der Waals surface area contributed by atoms with E-state index in [1.54, 1.807) is 41.2 Å². The number of amides is 1. The van der Waals surface area contributed by atoms with Gasteiger partial charge in [-0.15, -0.1) is 0 Å². The summed E-state index contributed by atoms with van der Waals surface area (Å²) in [6.07, 6.45) is 3.29. The van der Waals surface area contributed by atoms with Gasteiger partial charge in [-0.05, 0) is 37.3 Å². The third kappa shape index (κ3) is 3.39. The summed E-state index contributed by atoms with van der Waals surface area (Å²) in [5.41, 5.74) is 3.34. The molecule has 0 saturated heterocycles. The van der Waals surface area contributed by atoms with Crippen molar-refractivity contribution in [1.82, 2.24) is 24.2 Å². The van der Waals surface area contributed by atoms with E-state index in [1.165, 1.54) is 0 Å². The first-order valence-corrected chi connectivity index (χ1v) is 9.45. The number of aromatic nitrogens is 4. The van der Waals surface area contributed by atoms with E-state index in [2.05, 4.69) is 16.6 Å². The van der Waals surface area contributed by atoms with Gasteiger partial charge in [-0.1, -0.05) is 29.8 Å². The predicted molar refractivity (Wildman–Crippen MR) is 110 cm³/mol. The zero-order valence-corrected chi connectivity index (χ0v) is 16.5. The lowest BCUT2D eigenvalue weighted by atomic mass is 10.3. The molecule has 0 saturated carbocycles. The standard InChI is InChI=1S/C21H20ClN5O/c1-3-26-19-10-5-4-9-18(19)24-20(26)14-25(2)21(28)15-12-23-27(13-15)17-8-6-7-16(22)11-17/h4-13H,3,14H2,1-2H3. The van der Waals surface area contributed by atoms with Crippen molar-refractivity contribution in [2.75, 3.05) is 7.05 Å². The van der Waals surface area contributed by atoms with Crippen LogP contribution in [0.4, 0.5) is 0 Å². The molecule has 0 aliphatic rings. The molecule has 0 aliphatic carbocycles. The van der Waals surface area contributed by atoms with Crippen LogP contribution in [-0.2, 0) is 13.1 Å². The van der Waals surface area contributed by atoms with Crippen molar-refractivity contribution in [3.05, 3.63) is 77.3 Å². The van der Waals surface area contributed by atoms with Crippen LogP contribution in [0.3, 0.4) is 0 Å². The fourth-order valence-electron chi connectivity index (χ4n) is 3.30. The maximum atomic E-state index is 12.9. The number of fused-ring (bicyclic) bond motifs is 1. The summed E-state index contributed by atoms with van der Waals surface area (Å²) < 4.78 is 3.78. The normalized spacial score (nSPS) is 11.1. The van der Waals surface area contributed by atoms with Crippen LogP contribution >= 0.6 is 11.6 Å². The van der Waals surface area contributed by atoms with Gasteiger partial charge in [0.1, 0.15) is 5.82 Å². The van der Waals surface area contributed by atoms with E-state index in [4.69, 9.17) is 16.6 Å². The Balaban J connectivity index is 1.56. The number of rotatable bonds is 5. The summed E-state index contributed by atoms with van der Waals surface area (Å²) in [6.45, 7) is 3.29. The first kappa shape index (κ1) is 18.3. The van der Waals surface area contributed by atoms with E-state index in [1.807, 2.05) is 36.4 Å². The van der Waals surface area contributed by atoms with Gasteiger partial charge in [0, 0.05) is 24.8 Å². The highest BCUT2D eigenvalue weighted by Crippen LogP contribution is 2.18. The third-order valence-corrected chi connectivity index (χ3v) is 4.91. The Morgan fingerprint density at radius 3 is 2.79 bits per heavy atom. The second kappa shape index (κ2) is 7.48. The summed E-state index contributed by atoms with van der Waals surface area (Å²) in [5.74, 6) is 0.754. The van der Waals surface area contributed by atoms with Crippen LogP contribution in [0.1, 0.15) is 23.1 Å². The molecule has 28 heavy (non-hydrogen) atoms. The van der Waals surface area contributed by atoms with Crippen LogP contribution in [-0.4, -0.2) is 37.2 Å².